The van der Waals surface area contributed by atoms with Crippen molar-refractivity contribution in [1.82, 2.24) is 19.9 Å². The molecule has 2 aliphatic heterocycles. The van der Waals surface area contributed by atoms with Gasteiger partial charge in [0.1, 0.15) is 22.8 Å². The van der Waals surface area contributed by atoms with Crippen molar-refractivity contribution in [3.8, 4) is 29.6 Å². The van der Waals surface area contributed by atoms with Crippen LogP contribution in [0.4, 0.5) is 29.1 Å². The van der Waals surface area contributed by atoms with Crippen LogP contribution < -0.4 is 15.4 Å². The van der Waals surface area contributed by atoms with Crippen molar-refractivity contribution in [3.63, 3.8) is 0 Å². The second kappa shape index (κ2) is 13.8. The number of anilines is 2. The Hall–Kier alpha value is -4.31. The largest absolute Gasteiger partial charge is 0.405 e. The van der Waals surface area contributed by atoms with E-state index in [4.69, 9.17) is 29.5 Å². The van der Waals surface area contributed by atoms with Crippen LogP contribution in [0.2, 0.25) is 0 Å². The molecule has 50 heavy (non-hydrogen) atoms. The van der Waals surface area contributed by atoms with E-state index in [-0.39, 0.29) is 76.1 Å². The van der Waals surface area contributed by atoms with E-state index in [1.54, 1.807) is 6.07 Å². The lowest BCUT2D eigenvalue weighted by Gasteiger charge is -2.42. The second-order valence-electron chi connectivity index (χ2n) is 12.4. The van der Waals surface area contributed by atoms with Gasteiger partial charge in [0.15, 0.2) is 19.5 Å². The van der Waals surface area contributed by atoms with Crippen LogP contribution in [0.5, 0.6) is 6.01 Å². The SMILES string of the molecule is FCF.[B]C(O)(O)N1CCCC(C(O)(O)Oc2nc(N3CCOCC4CC43)c3cnc(-c4cc(N)cc5ccc(F)c(C#C)c45)c(F)c3n2)C1. The third-order valence-corrected chi connectivity index (χ3v) is 9.16. The van der Waals surface area contributed by atoms with Gasteiger partial charge >= 0.3 is 12.0 Å². The van der Waals surface area contributed by atoms with E-state index in [9.17, 15) is 33.6 Å². The fourth-order valence-corrected chi connectivity index (χ4v) is 6.69. The van der Waals surface area contributed by atoms with Gasteiger partial charge in [-0.2, -0.15) is 9.97 Å². The first-order valence-corrected chi connectivity index (χ1v) is 15.7. The number of aromatic nitrogens is 3. The average molecular weight is 696 g/mol. The summed E-state index contributed by atoms with van der Waals surface area (Å²) in [5, 5.41) is 42.9. The van der Waals surface area contributed by atoms with E-state index >= 15 is 4.39 Å². The predicted octanol–water partition coefficient (Wildman–Crippen LogP) is 2.29. The number of alkyl halides is 2. The van der Waals surface area contributed by atoms with E-state index in [1.807, 2.05) is 4.90 Å². The summed E-state index contributed by atoms with van der Waals surface area (Å²) in [7, 11) is 5.42. The molecule has 262 valence electrons. The van der Waals surface area contributed by atoms with Gasteiger partial charge in [0.2, 0.25) is 6.93 Å². The van der Waals surface area contributed by atoms with Gasteiger partial charge in [0.25, 0.3) is 0 Å². The van der Waals surface area contributed by atoms with Gasteiger partial charge < -0.3 is 40.5 Å². The Morgan fingerprint density at radius 2 is 1.90 bits per heavy atom. The lowest BCUT2D eigenvalue weighted by Crippen LogP contribution is -2.58. The molecule has 4 heterocycles. The summed E-state index contributed by atoms with van der Waals surface area (Å²) in [6, 6.07) is 5.22. The minimum atomic E-state index is -2.91. The van der Waals surface area contributed by atoms with E-state index in [0.717, 1.165) is 11.3 Å². The fourth-order valence-electron chi connectivity index (χ4n) is 6.69. The van der Waals surface area contributed by atoms with Crippen LogP contribution in [-0.2, 0) is 4.74 Å². The summed E-state index contributed by atoms with van der Waals surface area (Å²) in [5.41, 5.74) is 6.00. The minimum Gasteiger partial charge on any atom is -0.405 e. The number of ether oxygens (including phenoxy) is 2. The molecule has 2 aromatic heterocycles. The van der Waals surface area contributed by atoms with Gasteiger partial charge in [0.05, 0.1) is 30.1 Å². The Balaban J connectivity index is 0.00000139. The molecule has 6 N–H and O–H groups in total. The molecule has 2 radical (unpaired) electrons. The number of nitrogens with two attached hydrogens (primary N) is 1. The smallest absolute Gasteiger partial charge is 0.328 e. The fraction of sp³-hybridized carbons (Fsp3) is 0.424. The zero-order chi connectivity index (χ0) is 36.0. The number of fused-ring (bicyclic) bond motifs is 3. The predicted molar refractivity (Wildman–Crippen MR) is 175 cm³/mol. The third-order valence-electron chi connectivity index (χ3n) is 9.16. The first kappa shape index (κ1) is 35.5. The highest BCUT2D eigenvalue weighted by atomic mass is 19.3. The van der Waals surface area contributed by atoms with E-state index in [0.29, 0.717) is 31.6 Å². The molecule has 3 unspecified atom stereocenters. The molecule has 0 amide bonds. The van der Waals surface area contributed by atoms with Gasteiger partial charge in [0, 0.05) is 54.4 Å². The number of hydrogen-bond acceptors (Lipinski definition) is 12. The highest BCUT2D eigenvalue weighted by Gasteiger charge is 2.46. The van der Waals surface area contributed by atoms with Crippen LogP contribution in [-0.4, -0.2) is 106 Å². The normalized spacial score (nSPS) is 21.2. The maximum Gasteiger partial charge on any atom is 0.328 e. The van der Waals surface area contributed by atoms with E-state index < -0.39 is 42.3 Å². The van der Waals surface area contributed by atoms with Crippen LogP contribution in [0, 0.1) is 35.8 Å². The van der Waals surface area contributed by atoms with Gasteiger partial charge in [-0.15, -0.1) is 6.42 Å². The standard InChI is InChI=1S/C32H31BF2N6O6.CH2F2/c1-2-20-23(34)6-5-16-10-19(36)12-21(25(16)20)27-26(35)28-22(13-37-27)29(41-8-9-46-15-17-11-24(17)41)39-30(38-28)47-31(42,43)18-4-3-7-40(14-18)32(33,44)45;2-1-3/h1,5-6,10,12-13,17-18,24,42-45H,3-4,7-9,11,14-15,36H2;1H2. The third kappa shape index (κ3) is 6.87. The number of pyridine rings is 1. The number of aliphatic hydroxyl groups is 4. The lowest BCUT2D eigenvalue weighted by molar-refractivity contribution is -0.338. The molecule has 1 aliphatic carbocycles. The van der Waals surface area contributed by atoms with Crippen LogP contribution in [0.1, 0.15) is 24.8 Å². The molecule has 7 rings (SSSR count). The number of rotatable bonds is 6. The van der Waals surface area contributed by atoms with Crippen LogP contribution in [0.15, 0.2) is 30.5 Å². The molecule has 3 aliphatic rings. The number of likely N-dealkylation sites (tertiary alicyclic amines) is 1. The summed E-state index contributed by atoms with van der Waals surface area (Å²) < 4.78 is 62.2. The maximum atomic E-state index is 16.8. The molecule has 12 nitrogen and oxygen atoms in total. The Morgan fingerprint density at radius 1 is 1.14 bits per heavy atom. The molecule has 3 fully saturated rings. The zero-order valence-corrected chi connectivity index (χ0v) is 26.6. The second-order valence-corrected chi connectivity index (χ2v) is 12.4. The van der Waals surface area contributed by atoms with Crippen LogP contribution in [0.25, 0.3) is 32.9 Å². The van der Waals surface area contributed by atoms with Crippen molar-refractivity contribution in [2.24, 2.45) is 11.8 Å². The summed E-state index contributed by atoms with van der Waals surface area (Å²) in [4.78, 5) is 16.2. The van der Waals surface area contributed by atoms with Gasteiger partial charge in [-0.1, -0.05) is 12.0 Å². The molecule has 0 spiro atoms. The minimum absolute atomic E-state index is 0.0388. The van der Waals surface area contributed by atoms with E-state index in [1.165, 1.54) is 24.4 Å². The van der Waals surface area contributed by atoms with Crippen molar-refractivity contribution in [2.45, 2.75) is 37.1 Å². The first-order chi connectivity index (χ1) is 23.8. The Kier molecular flexibility index (Phi) is 9.79. The molecule has 0 bridgehead atoms. The molecule has 4 aromatic rings. The number of terminal acetylenes is 1. The summed E-state index contributed by atoms with van der Waals surface area (Å²) >= 11 is 0. The first-order valence-electron chi connectivity index (χ1n) is 15.7. The van der Waals surface area contributed by atoms with Crippen molar-refractivity contribution in [3.05, 3.63) is 47.7 Å². The molecule has 2 saturated heterocycles. The van der Waals surface area contributed by atoms with Crippen LogP contribution >= 0.6 is 0 Å². The Labute approximate surface area is 284 Å². The number of hydrogen-bond donors (Lipinski definition) is 5. The summed E-state index contributed by atoms with van der Waals surface area (Å²) in [6.45, 7) is -0.453. The molecular weight excluding hydrogens is 663 g/mol. The number of nitrogens with zero attached hydrogens (tertiary/aromatic N) is 5. The highest BCUT2D eigenvalue weighted by Crippen LogP contribution is 2.43. The molecule has 17 heteroatoms. The number of nitrogen functional groups attached to an aromatic ring is 1. The van der Waals surface area contributed by atoms with Crippen molar-refractivity contribution in [1.29, 1.82) is 0 Å². The van der Waals surface area contributed by atoms with E-state index in [2.05, 4.69) is 20.9 Å². The molecule has 1 saturated carbocycles. The lowest BCUT2D eigenvalue weighted by atomic mass is 9.91. The maximum absolute atomic E-state index is 16.8. The molecule has 3 atom stereocenters. The number of piperidine rings is 1. The Bertz CT molecular complexity index is 1960. The van der Waals surface area contributed by atoms with Gasteiger partial charge in [-0.05, 0) is 42.8 Å². The summed E-state index contributed by atoms with van der Waals surface area (Å²) in [6.07, 6.45) is 8.45. The van der Waals surface area contributed by atoms with Gasteiger partial charge in [-0.3, -0.25) is 9.88 Å². The van der Waals surface area contributed by atoms with Crippen molar-refractivity contribution in [2.75, 3.05) is 50.4 Å². The zero-order valence-electron chi connectivity index (χ0n) is 26.6. The number of benzene rings is 2. The van der Waals surface area contributed by atoms with Crippen LogP contribution in [0.3, 0.4) is 0 Å². The average Bonchev–Trinajstić information content (AvgIpc) is 3.86. The summed E-state index contributed by atoms with van der Waals surface area (Å²) in [5.74, 6) is -5.44. The molecule has 2 aromatic carbocycles. The number of halogens is 4. The quantitative estimate of drug-likeness (QED) is 0.0657. The van der Waals surface area contributed by atoms with Crippen molar-refractivity contribution >= 4 is 41.0 Å². The monoisotopic (exact) mass is 696 g/mol. The van der Waals surface area contributed by atoms with Crippen molar-refractivity contribution < 1.29 is 47.5 Å². The van der Waals surface area contributed by atoms with Gasteiger partial charge in [-0.25, -0.2) is 17.6 Å². The Morgan fingerprint density at radius 3 is 2.62 bits per heavy atom. The molecular formula is C33H33BF4N6O6. The highest BCUT2D eigenvalue weighted by molar-refractivity contribution is 6.12. The topological polar surface area (TPSA) is 171 Å².